The lowest BCUT2D eigenvalue weighted by Gasteiger charge is -2.39. The van der Waals surface area contributed by atoms with Crippen molar-refractivity contribution in [3.05, 3.63) is 104 Å². The number of fused-ring (bicyclic) bond motifs is 2. The fraction of sp³-hybridized carbons (Fsp3) is 0.273. The van der Waals surface area contributed by atoms with Gasteiger partial charge in [-0.25, -0.2) is 0 Å². The molecule has 214 valence electrons. The van der Waals surface area contributed by atoms with Gasteiger partial charge >= 0.3 is 11.1 Å². The largest absolute Gasteiger partial charge is 0.338 e. The summed E-state index contributed by atoms with van der Waals surface area (Å²) < 4.78 is 3.10. The Labute approximate surface area is 247 Å². The lowest BCUT2D eigenvalue weighted by Crippen LogP contribution is -2.52. The van der Waals surface area contributed by atoms with Crippen LogP contribution in [0, 0.1) is 19.8 Å². The predicted octanol–water partition coefficient (Wildman–Crippen LogP) is 5.73. The number of nitrogens with zero attached hydrogens (tertiary/aromatic N) is 4. The van der Waals surface area contributed by atoms with Gasteiger partial charge in [0.15, 0.2) is 0 Å². The van der Waals surface area contributed by atoms with Crippen LogP contribution >= 0.6 is 11.6 Å². The Morgan fingerprint density at radius 1 is 1.10 bits per heavy atom. The number of aryl methyl sites for hydroxylation is 2. The Kier molecular flexibility index (Phi) is 6.89. The number of nitrogens with one attached hydrogen (secondary N) is 1. The van der Waals surface area contributed by atoms with Gasteiger partial charge in [0.05, 0.1) is 33.5 Å². The van der Waals surface area contributed by atoms with E-state index in [-0.39, 0.29) is 17.7 Å². The van der Waals surface area contributed by atoms with Gasteiger partial charge in [0.2, 0.25) is 5.91 Å². The van der Waals surface area contributed by atoms with Crippen molar-refractivity contribution in [3.8, 4) is 16.8 Å². The lowest BCUT2D eigenvalue weighted by molar-refractivity contribution is -0.132. The highest BCUT2D eigenvalue weighted by atomic mass is 35.5. The van der Waals surface area contributed by atoms with Crippen LogP contribution in [0.2, 0.25) is 5.02 Å². The van der Waals surface area contributed by atoms with Crippen LogP contribution in [0.15, 0.2) is 70.9 Å². The third-order valence-corrected chi connectivity index (χ3v) is 8.64. The molecule has 1 amide bonds. The van der Waals surface area contributed by atoms with E-state index in [9.17, 15) is 14.4 Å². The Morgan fingerprint density at radius 3 is 2.57 bits per heavy atom. The fourth-order valence-electron chi connectivity index (χ4n) is 6.16. The van der Waals surface area contributed by atoms with Crippen molar-refractivity contribution in [1.29, 1.82) is 0 Å². The molecule has 0 atom stereocenters. The summed E-state index contributed by atoms with van der Waals surface area (Å²) in [5.74, 6) is -0.00689. The highest BCUT2D eigenvalue weighted by Crippen LogP contribution is 2.39. The van der Waals surface area contributed by atoms with E-state index in [1.807, 2.05) is 50.2 Å². The van der Waals surface area contributed by atoms with Gasteiger partial charge in [-0.1, -0.05) is 56.3 Å². The van der Waals surface area contributed by atoms with Gasteiger partial charge < -0.3 is 9.47 Å². The number of rotatable bonds is 6. The van der Waals surface area contributed by atoms with Crippen LogP contribution in [0.4, 0.5) is 0 Å². The van der Waals surface area contributed by atoms with Crippen molar-refractivity contribution < 1.29 is 4.79 Å². The van der Waals surface area contributed by atoms with Gasteiger partial charge in [0.25, 0.3) is 0 Å². The zero-order valence-electron chi connectivity index (χ0n) is 24.1. The van der Waals surface area contributed by atoms with E-state index in [1.165, 1.54) is 10.6 Å². The highest BCUT2D eigenvalue weighted by molar-refractivity contribution is 6.34. The average Bonchev–Trinajstić information content (AvgIpc) is 3.41. The predicted molar refractivity (Wildman–Crippen MR) is 168 cm³/mol. The molecule has 3 heterocycles. The number of carbonyl (C=O) groups is 1. The molecule has 0 radical (unpaired) electrons. The van der Waals surface area contributed by atoms with E-state index in [1.54, 1.807) is 21.7 Å². The number of benzene rings is 3. The number of H-pyrrole nitrogens is 1. The van der Waals surface area contributed by atoms with Gasteiger partial charge in [-0.3, -0.25) is 24.0 Å². The van der Waals surface area contributed by atoms with Crippen LogP contribution in [0.3, 0.4) is 0 Å². The highest BCUT2D eigenvalue weighted by Gasteiger charge is 2.31. The third kappa shape index (κ3) is 4.38. The molecule has 1 saturated heterocycles. The van der Waals surface area contributed by atoms with Gasteiger partial charge in [0, 0.05) is 36.5 Å². The molecule has 0 aliphatic carbocycles. The molecule has 1 fully saturated rings. The van der Waals surface area contributed by atoms with E-state index in [0.717, 1.165) is 38.7 Å². The van der Waals surface area contributed by atoms with Crippen LogP contribution in [0.25, 0.3) is 38.8 Å². The van der Waals surface area contributed by atoms with Crippen molar-refractivity contribution >= 4 is 39.4 Å². The molecule has 6 rings (SSSR count). The van der Waals surface area contributed by atoms with Crippen molar-refractivity contribution in [2.24, 2.45) is 5.92 Å². The fourth-order valence-corrected chi connectivity index (χ4v) is 6.41. The number of hydrogen-bond acceptors (Lipinski definition) is 4. The normalized spacial score (nSPS) is 13.7. The third-order valence-electron chi connectivity index (χ3n) is 8.33. The molecular formula is C33H32ClN5O3. The first-order chi connectivity index (χ1) is 20.1. The molecule has 42 heavy (non-hydrogen) atoms. The van der Waals surface area contributed by atoms with Gasteiger partial charge in [-0.05, 0) is 66.3 Å². The molecule has 1 aliphatic heterocycles. The first-order valence-electron chi connectivity index (χ1n) is 14.0. The zero-order chi connectivity index (χ0) is 29.9. The van der Waals surface area contributed by atoms with Gasteiger partial charge in [-0.2, -0.15) is 5.10 Å². The maximum atomic E-state index is 14.1. The minimum Gasteiger partial charge on any atom is -0.338 e. The van der Waals surface area contributed by atoms with Crippen LogP contribution < -0.4 is 11.1 Å². The van der Waals surface area contributed by atoms with Crippen LogP contribution in [-0.2, 0) is 11.3 Å². The zero-order valence-corrected chi connectivity index (χ0v) is 24.8. The molecule has 8 nitrogen and oxygen atoms in total. The minimum atomic E-state index is -0.622. The van der Waals surface area contributed by atoms with Crippen molar-refractivity contribution in [1.82, 2.24) is 24.2 Å². The number of amides is 1. The molecule has 5 aromatic rings. The van der Waals surface area contributed by atoms with E-state index in [2.05, 4.69) is 30.6 Å². The topological polar surface area (TPSA) is 93.0 Å². The Balaban J connectivity index is 1.66. The molecule has 3 aromatic carbocycles. The average molecular weight is 582 g/mol. The van der Waals surface area contributed by atoms with E-state index >= 15 is 0 Å². The number of likely N-dealkylation sites (tertiary alicyclic amines) is 1. The molecule has 2 aromatic heterocycles. The quantitative estimate of drug-likeness (QED) is 0.205. The van der Waals surface area contributed by atoms with E-state index < -0.39 is 11.1 Å². The van der Waals surface area contributed by atoms with Gasteiger partial charge in [-0.15, -0.1) is 0 Å². The molecule has 0 unspecified atom stereocenters. The summed E-state index contributed by atoms with van der Waals surface area (Å²) >= 11 is 7.02. The number of aromatic amines is 1. The summed E-state index contributed by atoms with van der Waals surface area (Å²) in [4.78, 5) is 41.7. The number of carbonyl (C=O) groups excluding carboxylic acids is 1. The molecule has 0 saturated carbocycles. The van der Waals surface area contributed by atoms with E-state index in [0.29, 0.717) is 41.4 Å². The summed E-state index contributed by atoms with van der Waals surface area (Å²) in [5, 5.41) is 8.64. The molecule has 0 bridgehead atoms. The molecule has 0 spiro atoms. The Morgan fingerprint density at radius 2 is 1.86 bits per heavy atom. The number of hydrogen-bond donors (Lipinski definition) is 1. The second-order valence-corrected chi connectivity index (χ2v) is 11.9. The molecule has 1 aliphatic rings. The molecule has 9 heteroatoms. The second kappa shape index (κ2) is 10.4. The number of aromatic nitrogens is 4. The van der Waals surface area contributed by atoms with Crippen molar-refractivity contribution in [2.75, 3.05) is 13.1 Å². The Hall–Kier alpha value is -4.43. The maximum absolute atomic E-state index is 14.1. The lowest BCUT2D eigenvalue weighted by atomic mass is 9.95. The number of para-hydroxylation sites is 1. The van der Waals surface area contributed by atoms with Crippen LogP contribution in [0.5, 0.6) is 0 Å². The minimum absolute atomic E-state index is 0.0233. The van der Waals surface area contributed by atoms with Crippen molar-refractivity contribution in [3.63, 3.8) is 0 Å². The summed E-state index contributed by atoms with van der Waals surface area (Å²) in [6, 6.07) is 13.6. The van der Waals surface area contributed by atoms with Crippen molar-refractivity contribution in [2.45, 2.75) is 40.2 Å². The summed E-state index contributed by atoms with van der Waals surface area (Å²) in [6.07, 6.45) is 3.06. The van der Waals surface area contributed by atoms with Crippen LogP contribution in [-0.4, -0.2) is 43.2 Å². The molecular weight excluding hydrogens is 550 g/mol. The first kappa shape index (κ1) is 27.7. The number of halogens is 1. The molecule has 1 N–H and O–H groups in total. The standard InChI is InChI=1S/C33H32ClN5O3/c1-6-29(40)37-15-21(16-37)17-38-27-13-25(34)23(30-19(4)10-11-26-24(30)14-35-36-26)12-28(27)39(33(42)32(38)41)31-20(5)8-7-9-22(31)18(2)3/h6-14,18,21H,1,15-17H2,2-5H3,(H,35,36). The second-order valence-electron chi connectivity index (χ2n) is 11.4. The van der Waals surface area contributed by atoms with Crippen LogP contribution in [0.1, 0.15) is 36.5 Å². The van der Waals surface area contributed by atoms with E-state index in [4.69, 9.17) is 11.6 Å². The Bertz CT molecular complexity index is 2030. The monoisotopic (exact) mass is 581 g/mol. The summed E-state index contributed by atoms with van der Waals surface area (Å²) in [6.45, 7) is 13.0. The summed E-state index contributed by atoms with van der Waals surface area (Å²) in [5.41, 5.74) is 6.03. The SMILES string of the molecule is C=CC(=O)N1CC(Cn2c(=O)c(=O)n(-c3c(C)cccc3C(C)C)c3cc(-c4c(C)ccc5[nH]ncc45)c(Cl)cc32)C1. The summed E-state index contributed by atoms with van der Waals surface area (Å²) in [7, 11) is 0. The maximum Gasteiger partial charge on any atom is 0.321 e. The first-order valence-corrected chi connectivity index (χ1v) is 14.4. The van der Waals surface area contributed by atoms with Gasteiger partial charge in [0.1, 0.15) is 0 Å². The smallest absolute Gasteiger partial charge is 0.321 e.